The molecule has 1 unspecified atom stereocenters. The third kappa shape index (κ3) is 9.08. The van der Waals surface area contributed by atoms with E-state index in [1.807, 2.05) is 30.5 Å². The standard InChI is InChI=1S/C45H52N6O4/c1-3-40(33-7-5-4-6-8-33)44(35-11-17-39(52)18-12-35)34-9-14-37(15-10-34)50-23-21-32(22-24-50)31-49-25-27-51(28-26-49)38-16-13-36(46-30-38)29-43(54)48(2)41-19-20-42(53)47-45(41)55/h4-18,30,32,41,52H,3,19-29,31H2,1-2H3,(H,47,53,55)/b44-40+. The molecule has 4 heterocycles. The largest absolute Gasteiger partial charge is 0.508 e. The number of nitrogens with zero attached hydrogens (tertiary/aromatic N) is 5. The van der Waals surface area contributed by atoms with Crippen molar-refractivity contribution in [2.75, 3.05) is 62.7 Å². The Morgan fingerprint density at radius 2 is 1.42 bits per heavy atom. The predicted molar refractivity (Wildman–Crippen MR) is 218 cm³/mol. The Morgan fingerprint density at radius 3 is 2.04 bits per heavy atom. The van der Waals surface area contributed by atoms with Crippen LogP contribution in [0.1, 0.15) is 61.4 Å². The SMILES string of the molecule is CC/C(=C(\c1ccc(O)cc1)c1ccc(N2CCC(CN3CCN(c4ccc(CC(=O)N(C)C5CCC(=O)NC5=O)nc4)CC3)CC2)cc1)c1ccccc1. The van der Waals surface area contributed by atoms with Crippen molar-refractivity contribution in [1.82, 2.24) is 20.1 Å². The van der Waals surface area contributed by atoms with E-state index in [1.54, 1.807) is 19.2 Å². The lowest BCUT2D eigenvalue weighted by atomic mass is 9.88. The van der Waals surface area contributed by atoms with Crippen LogP contribution >= 0.6 is 0 Å². The van der Waals surface area contributed by atoms with Gasteiger partial charge in [-0.25, -0.2) is 0 Å². The van der Waals surface area contributed by atoms with Gasteiger partial charge in [0, 0.05) is 70.7 Å². The summed E-state index contributed by atoms with van der Waals surface area (Å²) < 4.78 is 0. The summed E-state index contributed by atoms with van der Waals surface area (Å²) >= 11 is 0. The van der Waals surface area contributed by atoms with E-state index < -0.39 is 11.9 Å². The van der Waals surface area contributed by atoms with Crippen LogP contribution in [0.4, 0.5) is 11.4 Å². The van der Waals surface area contributed by atoms with Gasteiger partial charge >= 0.3 is 0 Å². The van der Waals surface area contributed by atoms with Crippen LogP contribution in [0.3, 0.4) is 0 Å². The number of hydrogen-bond acceptors (Lipinski definition) is 8. The third-order valence-corrected chi connectivity index (χ3v) is 11.5. The molecule has 1 aromatic heterocycles. The number of nitrogens with one attached hydrogen (secondary N) is 1. The van der Waals surface area contributed by atoms with Gasteiger partial charge in [-0.3, -0.25) is 29.6 Å². The van der Waals surface area contributed by atoms with Gasteiger partial charge in [0.2, 0.25) is 17.7 Å². The molecule has 0 radical (unpaired) electrons. The van der Waals surface area contributed by atoms with Crippen LogP contribution in [0.5, 0.6) is 5.75 Å². The molecule has 10 heteroatoms. The molecule has 3 aliphatic rings. The van der Waals surface area contributed by atoms with Gasteiger partial charge in [0.25, 0.3) is 0 Å². The van der Waals surface area contributed by atoms with Crippen molar-refractivity contribution in [3.8, 4) is 5.75 Å². The molecule has 3 aromatic carbocycles. The molecule has 2 N–H and O–H groups in total. The maximum atomic E-state index is 12.9. The number of carbonyl (C=O) groups is 3. The highest BCUT2D eigenvalue weighted by atomic mass is 16.3. The lowest BCUT2D eigenvalue weighted by Crippen LogP contribution is -2.53. The summed E-state index contributed by atoms with van der Waals surface area (Å²) in [5.74, 6) is 0.0574. The first-order valence-corrected chi connectivity index (χ1v) is 19.7. The van der Waals surface area contributed by atoms with Crippen LogP contribution in [0.25, 0.3) is 11.1 Å². The van der Waals surface area contributed by atoms with E-state index in [2.05, 4.69) is 86.5 Å². The van der Waals surface area contributed by atoms with Crippen LogP contribution in [-0.4, -0.2) is 96.5 Å². The van der Waals surface area contributed by atoms with Crippen molar-refractivity contribution in [1.29, 1.82) is 0 Å². The molecule has 7 rings (SSSR count). The van der Waals surface area contributed by atoms with Gasteiger partial charge in [-0.05, 0) is 95.8 Å². The van der Waals surface area contributed by atoms with Crippen LogP contribution in [-0.2, 0) is 20.8 Å². The van der Waals surface area contributed by atoms with E-state index >= 15 is 0 Å². The zero-order chi connectivity index (χ0) is 38.3. The number of piperidine rings is 2. The number of hydrogen-bond donors (Lipinski definition) is 2. The Balaban J connectivity index is 0.889. The Morgan fingerprint density at radius 1 is 0.782 bits per heavy atom. The molecule has 3 saturated heterocycles. The second-order valence-electron chi connectivity index (χ2n) is 15.0. The van der Waals surface area contributed by atoms with Gasteiger partial charge in [-0.2, -0.15) is 0 Å². The molecule has 55 heavy (non-hydrogen) atoms. The van der Waals surface area contributed by atoms with Crippen LogP contribution in [0.15, 0.2) is 97.2 Å². The molecule has 10 nitrogen and oxygen atoms in total. The molecule has 0 spiro atoms. The number of aromatic nitrogens is 1. The summed E-state index contributed by atoms with van der Waals surface area (Å²) in [6, 6.07) is 30.5. The minimum atomic E-state index is -0.624. The average molecular weight is 741 g/mol. The number of piperazine rings is 1. The second-order valence-corrected chi connectivity index (χ2v) is 15.0. The van der Waals surface area contributed by atoms with Crippen molar-refractivity contribution in [2.24, 2.45) is 5.92 Å². The maximum Gasteiger partial charge on any atom is 0.249 e. The van der Waals surface area contributed by atoms with Gasteiger partial charge in [-0.1, -0.05) is 61.5 Å². The van der Waals surface area contributed by atoms with Crippen molar-refractivity contribution in [3.63, 3.8) is 0 Å². The number of allylic oxidation sites excluding steroid dienone is 1. The summed E-state index contributed by atoms with van der Waals surface area (Å²) in [6.07, 6.45) is 5.80. The Bertz CT molecular complexity index is 1960. The zero-order valence-electron chi connectivity index (χ0n) is 32.0. The van der Waals surface area contributed by atoms with Gasteiger partial charge < -0.3 is 19.8 Å². The molecule has 0 bridgehead atoms. The van der Waals surface area contributed by atoms with E-state index in [0.29, 0.717) is 18.0 Å². The highest BCUT2D eigenvalue weighted by Crippen LogP contribution is 2.36. The zero-order valence-corrected chi connectivity index (χ0v) is 32.0. The van der Waals surface area contributed by atoms with E-state index in [0.717, 1.165) is 63.5 Å². The number of phenols is 1. The monoisotopic (exact) mass is 740 g/mol. The first kappa shape index (κ1) is 37.8. The Labute approximate surface area is 324 Å². The Kier molecular flexibility index (Phi) is 11.9. The van der Waals surface area contributed by atoms with Gasteiger partial charge in [0.05, 0.1) is 18.3 Å². The first-order chi connectivity index (χ1) is 26.7. The number of aromatic hydroxyl groups is 1. The predicted octanol–water partition coefficient (Wildman–Crippen LogP) is 6.00. The Hall–Kier alpha value is -5.48. The molecular formula is C45H52N6O4. The van der Waals surface area contributed by atoms with Gasteiger partial charge in [-0.15, -0.1) is 0 Å². The number of phenolic OH excluding ortho intramolecular Hbond substituents is 1. The minimum Gasteiger partial charge on any atom is -0.508 e. The van der Waals surface area contributed by atoms with Gasteiger partial charge in [0.15, 0.2) is 0 Å². The normalized spacial score (nSPS) is 18.8. The fraction of sp³-hybridized carbons (Fsp3) is 0.378. The van der Waals surface area contributed by atoms with Crippen molar-refractivity contribution in [2.45, 2.75) is 51.5 Å². The highest BCUT2D eigenvalue weighted by Gasteiger charge is 2.32. The lowest BCUT2D eigenvalue weighted by molar-refractivity contribution is -0.144. The van der Waals surface area contributed by atoms with Crippen LogP contribution < -0.4 is 15.1 Å². The third-order valence-electron chi connectivity index (χ3n) is 11.5. The van der Waals surface area contributed by atoms with E-state index in [9.17, 15) is 19.5 Å². The molecule has 4 aromatic rings. The summed E-state index contributed by atoms with van der Waals surface area (Å²) in [7, 11) is 1.61. The molecule has 286 valence electrons. The number of anilines is 2. The number of rotatable bonds is 11. The summed E-state index contributed by atoms with van der Waals surface area (Å²) in [4.78, 5) is 50.0. The summed E-state index contributed by atoms with van der Waals surface area (Å²) in [5, 5.41) is 12.3. The van der Waals surface area contributed by atoms with Crippen molar-refractivity contribution >= 4 is 40.2 Å². The number of imide groups is 1. The fourth-order valence-electron chi connectivity index (χ4n) is 8.29. The highest BCUT2D eigenvalue weighted by molar-refractivity contribution is 6.02. The number of amides is 3. The molecule has 3 fully saturated rings. The molecule has 0 saturated carbocycles. The maximum absolute atomic E-state index is 12.9. The molecule has 3 amide bonds. The second kappa shape index (κ2) is 17.3. The summed E-state index contributed by atoms with van der Waals surface area (Å²) in [5.41, 5.74) is 8.99. The van der Waals surface area contributed by atoms with E-state index in [1.165, 1.54) is 45.7 Å². The number of likely N-dealkylation sites (N-methyl/N-ethyl adjacent to an activating group) is 1. The molecule has 3 aliphatic heterocycles. The minimum absolute atomic E-state index is 0.111. The number of carbonyl (C=O) groups excluding carboxylic acids is 3. The fourth-order valence-corrected chi connectivity index (χ4v) is 8.29. The first-order valence-electron chi connectivity index (χ1n) is 19.7. The quantitative estimate of drug-likeness (QED) is 0.143. The molecule has 0 aliphatic carbocycles. The van der Waals surface area contributed by atoms with E-state index in [-0.39, 0.29) is 30.4 Å². The van der Waals surface area contributed by atoms with E-state index in [4.69, 9.17) is 0 Å². The topological polar surface area (TPSA) is 109 Å². The van der Waals surface area contributed by atoms with Crippen LogP contribution in [0, 0.1) is 5.92 Å². The molecular weight excluding hydrogens is 689 g/mol. The lowest BCUT2D eigenvalue weighted by Gasteiger charge is -2.40. The number of pyridine rings is 1. The number of benzene rings is 3. The average Bonchev–Trinajstić information content (AvgIpc) is 3.21. The summed E-state index contributed by atoms with van der Waals surface area (Å²) in [6.45, 7) is 9.34. The molecule has 1 atom stereocenters. The smallest absolute Gasteiger partial charge is 0.249 e. The van der Waals surface area contributed by atoms with Crippen molar-refractivity contribution in [3.05, 3.63) is 120 Å². The van der Waals surface area contributed by atoms with Crippen LogP contribution in [0.2, 0.25) is 0 Å². The van der Waals surface area contributed by atoms with Gasteiger partial charge in [0.1, 0.15) is 11.8 Å². The van der Waals surface area contributed by atoms with Crippen molar-refractivity contribution < 1.29 is 19.5 Å².